The zero-order chi connectivity index (χ0) is 13.5. The predicted molar refractivity (Wildman–Crippen MR) is 72.3 cm³/mol. The van der Waals surface area contributed by atoms with Crippen molar-refractivity contribution in [3.63, 3.8) is 0 Å². The number of nitrogens with one attached hydrogen (secondary N) is 1. The van der Waals surface area contributed by atoms with Gasteiger partial charge in [-0.15, -0.1) is 0 Å². The standard InChI is InChI=1S/C14H22N2O2/c1-4-10(2)13(15)14(17)16-9-11-5-7-12(18-3)8-6-11/h5-8,10,13H,4,9,15H2,1-3H3,(H,16,17)/t10-,13-/m0/s1. The van der Waals surface area contributed by atoms with E-state index in [4.69, 9.17) is 10.5 Å². The second-order valence-electron chi connectivity index (χ2n) is 4.48. The van der Waals surface area contributed by atoms with Crippen molar-refractivity contribution in [1.29, 1.82) is 0 Å². The molecule has 0 spiro atoms. The second kappa shape index (κ2) is 7.01. The molecule has 0 fully saturated rings. The van der Waals surface area contributed by atoms with Gasteiger partial charge in [0.05, 0.1) is 13.2 Å². The Morgan fingerprint density at radius 1 is 1.39 bits per heavy atom. The summed E-state index contributed by atoms with van der Waals surface area (Å²) in [4.78, 5) is 11.8. The fourth-order valence-corrected chi connectivity index (χ4v) is 1.56. The number of carbonyl (C=O) groups excluding carboxylic acids is 1. The molecule has 4 nitrogen and oxygen atoms in total. The van der Waals surface area contributed by atoms with Crippen LogP contribution < -0.4 is 15.8 Å². The van der Waals surface area contributed by atoms with E-state index in [9.17, 15) is 4.79 Å². The van der Waals surface area contributed by atoms with E-state index in [1.165, 1.54) is 0 Å². The molecule has 0 saturated carbocycles. The van der Waals surface area contributed by atoms with Crippen LogP contribution in [0.15, 0.2) is 24.3 Å². The molecule has 2 atom stereocenters. The first-order valence-electron chi connectivity index (χ1n) is 6.24. The van der Waals surface area contributed by atoms with Crippen molar-refractivity contribution < 1.29 is 9.53 Å². The monoisotopic (exact) mass is 250 g/mol. The maximum Gasteiger partial charge on any atom is 0.237 e. The molecule has 100 valence electrons. The lowest BCUT2D eigenvalue weighted by atomic mass is 9.99. The van der Waals surface area contributed by atoms with Crippen LogP contribution in [-0.2, 0) is 11.3 Å². The number of rotatable bonds is 6. The van der Waals surface area contributed by atoms with E-state index < -0.39 is 6.04 Å². The summed E-state index contributed by atoms with van der Waals surface area (Å²) in [6, 6.07) is 7.15. The minimum Gasteiger partial charge on any atom is -0.497 e. The fraction of sp³-hybridized carbons (Fsp3) is 0.500. The Labute approximate surface area is 109 Å². The molecule has 0 radical (unpaired) electrons. The van der Waals surface area contributed by atoms with Crippen LogP contribution in [0.3, 0.4) is 0 Å². The maximum absolute atomic E-state index is 11.8. The zero-order valence-corrected chi connectivity index (χ0v) is 11.3. The first-order chi connectivity index (χ1) is 8.58. The molecule has 1 amide bonds. The van der Waals surface area contributed by atoms with Crippen LogP contribution in [-0.4, -0.2) is 19.1 Å². The number of amides is 1. The lowest BCUT2D eigenvalue weighted by molar-refractivity contribution is -0.123. The van der Waals surface area contributed by atoms with Gasteiger partial charge in [-0.05, 0) is 23.6 Å². The fourth-order valence-electron chi connectivity index (χ4n) is 1.56. The van der Waals surface area contributed by atoms with E-state index in [2.05, 4.69) is 5.32 Å². The van der Waals surface area contributed by atoms with Gasteiger partial charge in [-0.2, -0.15) is 0 Å². The summed E-state index contributed by atoms with van der Waals surface area (Å²) in [6.45, 7) is 4.51. The molecule has 0 aliphatic carbocycles. The van der Waals surface area contributed by atoms with Crippen molar-refractivity contribution in [3.8, 4) is 5.75 Å². The minimum absolute atomic E-state index is 0.0971. The normalized spacial score (nSPS) is 13.8. The Bertz CT molecular complexity index is 376. The van der Waals surface area contributed by atoms with Gasteiger partial charge in [-0.3, -0.25) is 4.79 Å². The zero-order valence-electron chi connectivity index (χ0n) is 11.3. The van der Waals surface area contributed by atoms with Gasteiger partial charge in [0, 0.05) is 6.54 Å². The SMILES string of the molecule is CC[C@H](C)[C@H](N)C(=O)NCc1ccc(OC)cc1. The van der Waals surface area contributed by atoms with E-state index in [-0.39, 0.29) is 11.8 Å². The number of benzene rings is 1. The number of hydrogen-bond acceptors (Lipinski definition) is 3. The van der Waals surface area contributed by atoms with Crippen LogP contribution in [0, 0.1) is 5.92 Å². The van der Waals surface area contributed by atoms with Gasteiger partial charge in [0.1, 0.15) is 5.75 Å². The molecule has 0 aromatic heterocycles. The number of ether oxygens (including phenoxy) is 1. The molecule has 0 heterocycles. The highest BCUT2D eigenvalue weighted by Gasteiger charge is 2.18. The summed E-state index contributed by atoms with van der Waals surface area (Å²) in [7, 11) is 1.63. The molecular formula is C14H22N2O2. The highest BCUT2D eigenvalue weighted by Crippen LogP contribution is 2.11. The van der Waals surface area contributed by atoms with Gasteiger partial charge in [-0.1, -0.05) is 32.4 Å². The first-order valence-corrected chi connectivity index (χ1v) is 6.24. The predicted octanol–water partition coefficient (Wildman–Crippen LogP) is 1.68. The van der Waals surface area contributed by atoms with Crippen molar-refractivity contribution >= 4 is 5.91 Å². The van der Waals surface area contributed by atoms with E-state index in [0.29, 0.717) is 6.54 Å². The average Bonchev–Trinajstić information content (AvgIpc) is 2.43. The minimum atomic E-state index is -0.437. The van der Waals surface area contributed by atoms with Gasteiger partial charge in [0.15, 0.2) is 0 Å². The van der Waals surface area contributed by atoms with Crippen molar-refractivity contribution in [2.24, 2.45) is 11.7 Å². The van der Waals surface area contributed by atoms with Gasteiger partial charge in [0.2, 0.25) is 5.91 Å². The molecule has 4 heteroatoms. The Morgan fingerprint density at radius 2 is 2.00 bits per heavy atom. The number of methoxy groups -OCH3 is 1. The van der Waals surface area contributed by atoms with Crippen LogP contribution in [0.4, 0.5) is 0 Å². The van der Waals surface area contributed by atoms with E-state index >= 15 is 0 Å². The van der Waals surface area contributed by atoms with Crippen LogP contribution in [0.1, 0.15) is 25.8 Å². The molecular weight excluding hydrogens is 228 g/mol. The molecule has 3 N–H and O–H groups in total. The lowest BCUT2D eigenvalue weighted by Crippen LogP contribution is -2.44. The van der Waals surface area contributed by atoms with Crippen molar-refractivity contribution in [1.82, 2.24) is 5.32 Å². The van der Waals surface area contributed by atoms with E-state index in [1.54, 1.807) is 7.11 Å². The Balaban J connectivity index is 2.46. The van der Waals surface area contributed by atoms with Gasteiger partial charge in [0.25, 0.3) is 0 Å². The summed E-state index contributed by atoms with van der Waals surface area (Å²) in [6.07, 6.45) is 0.900. The van der Waals surface area contributed by atoms with E-state index in [0.717, 1.165) is 17.7 Å². The van der Waals surface area contributed by atoms with E-state index in [1.807, 2.05) is 38.1 Å². The van der Waals surface area contributed by atoms with Crippen LogP contribution in [0.5, 0.6) is 5.75 Å². The molecule has 0 aliphatic heterocycles. The highest BCUT2D eigenvalue weighted by molar-refractivity contribution is 5.81. The van der Waals surface area contributed by atoms with Crippen molar-refractivity contribution in [3.05, 3.63) is 29.8 Å². The number of nitrogens with two attached hydrogens (primary N) is 1. The second-order valence-corrected chi connectivity index (χ2v) is 4.48. The summed E-state index contributed by atoms with van der Waals surface area (Å²) in [5.41, 5.74) is 6.88. The summed E-state index contributed by atoms with van der Waals surface area (Å²) < 4.78 is 5.07. The third-order valence-corrected chi connectivity index (χ3v) is 3.19. The molecule has 1 aromatic carbocycles. The topological polar surface area (TPSA) is 64.4 Å². The van der Waals surface area contributed by atoms with Crippen LogP contribution >= 0.6 is 0 Å². The lowest BCUT2D eigenvalue weighted by Gasteiger charge is -2.17. The molecule has 0 unspecified atom stereocenters. The molecule has 1 aromatic rings. The van der Waals surface area contributed by atoms with Gasteiger partial charge >= 0.3 is 0 Å². The quantitative estimate of drug-likeness (QED) is 0.807. The van der Waals surface area contributed by atoms with Gasteiger partial charge in [-0.25, -0.2) is 0 Å². The van der Waals surface area contributed by atoms with Gasteiger partial charge < -0.3 is 15.8 Å². The first kappa shape index (κ1) is 14.5. The molecule has 0 aliphatic rings. The smallest absolute Gasteiger partial charge is 0.237 e. The third kappa shape index (κ3) is 4.04. The highest BCUT2D eigenvalue weighted by atomic mass is 16.5. The summed E-state index contributed by atoms with van der Waals surface area (Å²) in [5.74, 6) is 0.905. The van der Waals surface area contributed by atoms with Crippen LogP contribution in [0.25, 0.3) is 0 Å². The van der Waals surface area contributed by atoms with Crippen molar-refractivity contribution in [2.45, 2.75) is 32.9 Å². The van der Waals surface area contributed by atoms with Crippen molar-refractivity contribution in [2.75, 3.05) is 7.11 Å². The summed E-state index contributed by atoms with van der Waals surface area (Å²) in [5, 5.41) is 2.85. The third-order valence-electron chi connectivity index (χ3n) is 3.19. The molecule has 0 bridgehead atoms. The average molecular weight is 250 g/mol. The number of carbonyl (C=O) groups is 1. The van der Waals surface area contributed by atoms with Crippen LogP contribution in [0.2, 0.25) is 0 Å². The molecule has 0 saturated heterocycles. The number of hydrogen-bond donors (Lipinski definition) is 2. The maximum atomic E-state index is 11.8. The Morgan fingerprint density at radius 3 is 2.50 bits per heavy atom. The Kier molecular flexibility index (Phi) is 5.65. The molecule has 18 heavy (non-hydrogen) atoms. The molecule has 1 rings (SSSR count). The summed E-state index contributed by atoms with van der Waals surface area (Å²) >= 11 is 0. The Hall–Kier alpha value is -1.55. The largest absolute Gasteiger partial charge is 0.497 e.